The maximum absolute atomic E-state index is 3.82. The average Bonchev–Trinajstić information content (AvgIpc) is 3.49. The molecule has 4 aromatic carbocycles. The predicted molar refractivity (Wildman–Crippen MR) is 235 cm³/mol. The number of hydrogen-bond donors (Lipinski definition) is 0. The van der Waals surface area contributed by atoms with Gasteiger partial charge in [0, 0.05) is 63.4 Å². The van der Waals surface area contributed by atoms with Gasteiger partial charge >= 0.3 is 0 Å². The molecule has 0 aromatic heterocycles. The first-order valence-electron chi connectivity index (χ1n) is 17.8. The van der Waals surface area contributed by atoms with Gasteiger partial charge in [0.1, 0.15) is 0 Å². The summed E-state index contributed by atoms with van der Waals surface area (Å²) < 4.78 is 4.39. The highest BCUT2D eigenvalue weighted by Crippen LogP contribution is 2.46. The molecule has 2 heterocycles. The van der Waals surface area contributed by atoms with Crippen LogP contribution in [0.5, 0.6) is 0 Å². The number of nitrogens with zero attached hydrogens (tertiary/aromatic N) is 4. The van der Waals surface area contributed by atoms with E-state index < -0.39 is 0 Å². The summed E-state index contributed by atoms with van der Waals surface area (Å²) in [5.41, 5.74) is 19.6. The van der Waals surface area contributed by atoms with E-state index >= 15 is 0 Å². The molecule has 0 fully saturated rings. The first-order valence-corrected chi connectivity index (χ1v) is 20.9. The SMILES string of the molecule is CC1=C(CCCCC2=C(C)N(c3c(C)cc(Br)cc3C)[C]N2c2c(C)cc(Br)cc2C)N(c2c(C)cc(Br)cc2C)[C]N1c1c(C)cc(Br)cc1C. The Kier molecular flexibility index (Phi) is 11.8. The van der Waals surface area contributed by atoms with E-state index in [0.717, 1.165) is 43.6 Å². The zero-order chi connectivity index (χ0) is 37.8. The van der Waals surface area contributed by atoms with Gasteiger partial charge in [0.2, 0.25) is 13.3 Å². The first-order chi connectivity index (χ1) is 24.6. The van der Waals surface area contributed by atoms with Crippen LogP contribution in [0.15, 0.2) is 89.2 Å². The number of anilines is 4. The molecular weight excluding hydrogens is 904 g/mol. The summed E-state index contributed by atoms with van der Waals surface area (Å²) in [6.45, 7) is 29.7. The lowest BCUT2D eigenvalue weighted by molar-refractivity contribution is 0.707. The van der Waals surface area contributed by atoms with E-state index in [2.05, 4.69) is 214 Å². The number of rotatable bonds is 9. The van der Waals surface area contributed by atoms with Gasteiger partial charge in [-0.3, -0.25) is 0 Å². The zero-order valence-electron chi connectivity index (χ0n) is 31.7. The van der Waals surface area contributed by atoms with Crippen LogP contribution < -0.4 is 19.6 Å². The summed E-state index contributed by atoms with van der Waals surface area (Å²) >= 11 is 14.9. The molecule has 52 heavy (non-hydrogen) atoms. The standard InChI is InChI=1S/C44H46Br4N4/c1-25-15-35(45)16-26(2)41(25)49-23-51(43-29(5)19-37(47)20-30(43)6)39(33(49)9)13-11-12-14-40-34(10)50(42-27(3)17-36(46)18-28(42)4)24-52(40)44-31(7)21-38(48)22-32(44)8/h15-22H,11-14H2,1-10H3. The minimum Gasteiger partial charge on any atom is -0.312 e. The van der Waals surface area contributed by atoms with Gasteiger partial charge in [-0.25, -0.2) is 0 Å². The number of benzene rings is 4. The monoisotopic (exact) mass is 946 g/mol. The van der Waals surface area contributed by atoms with Gasteiger partial charge in [-0.1, -0.05) is 63.7 Å². The average molecular weight is 950 g/mol. The van der Waals surface area contributed by atoms with Gasteiger partial charge in [-0.15, -0.1) is 0 Å². The third-order valence-electron chi connectivity index (χ3n) is 10.2. The van der Waals surface area contributed by atoms with E-state index in [0.29, 0.717) is 0 Å². The molecule has 6 rings (SSSR count). The van der Waals surface area contributed by atoms with Crippen molar-refractivity contribution in [2.75, 3.05) is 19.6 Å². The second-order valence-electron chi connectivity index (χ2n) is 14.4. The molecule has 8 heteroatoms. The van der Waals surface area contributed by atoms with Gasteiger partial charge in [-0.2, -0.15) is 0 Å². The first kappa shape index (κ1) is 39.2. The number of unbranched alkanes of at least 4 members (excludes halogenated alkanes) is 1. The lowest BCUT2D eigenvalue weighted by Gasteiger charge is -2.27. The van der Waals surface area contributed by atoms with Crippen LogP contribution in [-0.2, 0) is 0 Å². The van der Waals surface area contributed by atoms with Gasteiger partial charge < -0.3 is 19.6 Å². The molecule has 0 bridgehead atoms. The molecule has 2 aliphatic rings. The Hall–Kier alpha value is -2.52. The van der Waals surface area contributed by atoms with Crippen LogP contribution in [0.25, 0.3) is 0 Å². The van der Waals surface area contributed by atoms with Crippen LogP contribution >= 0.6 is 63.7 Å². The third kappa shape index (κ3) is 7.56. The largest absolute Gasteiger partial charge is 0.312 e. The molecule has 0 spiro atoms. The Morgan fingerprint density at radius 2 is 0.577 bits per heavy atom. The van der Waals surface area contributed by atoms with Crippen molar-refractivity contribution in [1.82, 2.24) is 0 Å². The Morgan fingerprint density at radius 1 is 0.365 bits per heavy atom. The molecule has 2 aliphatic heterocycles. The van der Waals surface area contributed by atoms with Crippen LogP contribution in [0.3, 0.4) is 0 Å². The van der Waals surface area contributed by atoms with E-state index in [9.17, 15) is 0 Å². The summed E-state index contributed by atoms with van der Waals surface area (Å²) in [6, 6.07) is 17.6. The van der Waals surface area contributed by atoms with Gasteiger partial charge in [0.05, 0.1) is 0 Å². The predicted octanol–water partition coefficient (Wildman–Crippen LogP) is 14.6. The fraction of sp³-hybridized carbons (Fsp3) is 0.318. The maximum atomic E-state index is 3.82. The number of aryl methyl sites for hydroxylation is 8. The van der Waals surface area contributed by atoms with Crippen LogP contribution in [0.4, 0.5) is 22.7 Å². The summed E-state index contributed by atoms with van der Waals surface area (Å²) in [4.78, 5) is 9.22. The molecule has 4 aromatic rings. The summed E-state index contributed by atoms with van der Waals surface area (Å²) in [5, 5.41) is 0. The summed E-state index contributed by atoms with van der Waals surface area (Å²) in [6.07, 6.45) is 3.93. The number of halogens is 4. The highest BCUT2D eigenvalue weighted by molar-refractivity contribution is 9.11. The lowest BCUT2D eigenvalue weighted by Crippen LogP contribution is -2.24. The molecule has 0 N–H and O–H groups in total. The van der Waals surface area contributed by atoms with Crippen molar-refractivity contribution in [3.05, 3.63) is 147 Å². The van der Waals surface area contributed by atoms with Gasteiger partial charge in [0.15, 0.2) is 0 Å². The number of allylic oxidation sites excluding steroid dienone is 4. The molecule has 0 aliphatic carbocycles. The second-order valence-corrected chi connectivity index (χ2v) is 18.0. The smallest absolute Gasteiger partial charge is 0.218 e. The topological polar surface area (TPSA) is 13.0 Å². The van der Waals surface area contributed by atoms with E-state index in [1.807, 2.05) is 0 Å². The van der Waals surface area contributed by atoms with E-state index in [1.165, 1.54) is 90.0 Å². The van der Waals surface area contributed by atoms with Crippen LogP contribution in [0, 0.1) is 68.7 Å². The van der Waals surface area contributed by atoms with Gasteiger partial charge in [-0.05, 0) is 188 Å². The number of hydrogen-bond acceptors (Lipinski definition) is 4. The van der Waals surface area contributed by atoms with E-state index in [4.69, 9.17) is 0 Å². The molecule has 0 unspecified atom stereocenters. The van der Waals surface area contributed by atoms with Crippen LogP contribution in [-0.4, -0.2) is 0 Å². The van der Waals surface area contributed by atoms with Crippen molar-refractivity contribution in [3.8, 4) is 0 Å². The Balaban J connectivity index is 1.33. The quantitative estimate of drug-likeness (QED) is 0.155. The van der Waals surface area contributed by atoms with Crippen molar-refractivity contribution >= 4 is 86.5 Å². The fourth-order valence-electron chi connectivity index (χ4n) is 8.05. The minimum absolute atomic E-state index is 0.934. The van der Waals surface area contributed by atoms with E-state index in [1.54, 1.807) is 0 Å². The third-order valence-corrected chi connectivity index (χ3v) is 12.1. The van der Waals surface area contributed by atoms with Crippen molar-refractivity contribution in [3.63, 3.8) is 0 Å². The molecule has 0 amide bonds. The summed E-state index contributed by atoms with van der Waals surface area (Å²) in [5.74, 6) is 0. The van der Waals surface area contributed by atoms with Crippen LogP contribution in [0.2, 0.25) is 0 Å². The fourth-order valence-corrected chi connectivity index (χ4v) is 10.8. The maximum Gasteiger partial charge on any atom is 0.218 e. The lowest BCUT2D eigenvalue weighted by atomic mass is 10.0. The molecular formula is C44H46Br4N4. The van der Waals surface area contributed by atoms with Crippen molar-refractivity contribution in [2.24, 2.45) is 0 Å². The van der Waals surface area contributed by atoms with E-state index in [-0.39, 0.29) is 0 Å². The van der Waals surface area contributed by atoms with Crippen LogP contribution in [0.1, 0.15) is 84.0 Å². The highest BCUT2D eigenvalue weighted by Gasteiger charge is 2.35. The Labute approximate surface area is 345 Å². The highest BCUT2D eigenvalue weighted by atomic mass is 79.9. The Bertz CT molecular complexity index is 1890. The molecule has 4 nitrogen and oxygen atoms in total. The second kappa shape index (κ2) is 15.7. The molecule has 270 valence electrons. The summed E-state index contributed by atoms with van der Waals surface area (Å²) in [7, 11) is 0. The molecule has 0 saturated heterocycles. The van der Waals surface area contributed by atoms with Crippen molar-refractivity contribution in [1.29, 1.82) is 0 Å². The normalized spacial score (nSPS) is 15.0. The zero-order valence-corrected chi connectivity index (χ0v) is 38.1. The minimum atomic E-state index is 0.934. The molecule has 0 saturated carbocycles. The van der Waals surface area contributed by atoms with Crippen molar-refractivity contribution in [2.45, 2.75) is 94.9 Å². The molecule has 0 atom stereocenters. The Morgan fingerprint density at radius 3 is 0.808 bits per heavy atom. The van der Waals surface area contributed by atoms with Gasteiger partial charge in [0.25, 0.3) is 0 Å². The molecule has 4 radical (unpaired) electrons. The van der Waals surface area contributed by atoms with Crippen molar-refractivity contribution < 1.29 is 0 Å².